The molecule has 1 unspecified atom stereocenters. The van der Waals surface area contributed by atoms with Gasteiger partial charge in [0.1, 0.15) is 12.2 Å². The summed E-state index contributed by atoms with van der Waals surface area (Å²) in [5.41, 5.74) is 0. The van der Waals surface area contributed by atoms with Gasteiger partial charge in [-0.2, -0.15) is 5.10 Å². The molecule has 1 atom stereocenters. The monoisotopic (exact) mass is 184 g/mol. The maximum atomic E-state index is 8.92. The van der Waals surface area contributed by atoms with Crippen LogP contribution in [0, 0.1) is 0 Å². The van der Waals surface area contributed by atoms with E-state index in [9.17, 15) is 0 Å². The van der Waals surface area contributed by atoms with Gasteiger partial charge in [-0.1, -0.05) is 0 Å². The summed E-state index contributed by atoms with van der Waals surface area (Å²) in [4.78, 5) is 6.13. The number of nitrogens with zero attached hydrogens (tertiary/aromatic N) is 4. The maximum Gasteiger partial charge on any atom is 0.140 e. The van der Waals surface area contributed by atoms with Crippen LogP contribution in [0.25, 0.3) is 0 Å². The molecule has 74 valence electrons. The van der Waals surface area contributed by atoms with Gasteiger partial charge in [-0.15, -0.1) is 0 Å². The van der Waals surface area contributed by atoms with Gasteiger partial charge in [0.05, 0.1) is 13.2 Å². The van der Waals surface area contributed by atoms with E-state index in [4.69, 9.17) is 5.11 Å². The molecule has 0 radical (unpaired) electrons. The van der Waals surface area contributed by atoms with Crippen molar-refractivity contribution in [1.29, 1.82) is 0 Å². The first-order chi connectivity index (χ1) is 6.15. The predicted octanol–water partition coefficient (Wildman–Crippen LogP) is -0.372. The van der Waals surface area contributed by atoms with Crippen LogP contribution in [0.3, 0.4) is 0 Å². The highest BCUT2D eigenvalue weighted by atomic mass is 16.3. The highest BCUT2D eigenvalue weighted by molar-refractivity contribution is 4.83. The lowest BCUT2D eigenvalue weighted by Crippen LogP contribution is -2.32. The Morgan fingerprint density at radius 3 is 2.85 bits per heavy atom. The van der Waals surface area contributed by atoms with Crippen molar-refractivity contribution in [2.45, 2.75) is 19.5 Å². The molecule has 0 spiro atoms. The first kappa shape index (κ1) is 10.1. The predicted molar refractivity (Wildman–Crippen MR) is 49.0 cm³/mol. The van der Waals surface area contributed by atoms with Crippen molar-refractivity contribution in [2.24, 2.45) is 7.05 Å². The fraction of sp³-hybridized carbons (Fsp3) is 0.750. The summed E-state index contributed by atoms with van der Waals surface area (Å²) >= 11 is 0. The van der Waals surface area contributed by atoms with Gasteiger partial charge in [-0.05, 0) is 14.0 Å². The molecule has 0 saturated heterocycles. The van der Waals surface area contributed by atoms with E-state index in [1.807, 2.05) is 25.9 Å². The van der Waals surface area contributed by atoms with Crippen LogP contribution in [0.15, 0.2) is 6.33 Å². The van der Waals surface area contributed by atoms with Crippen molar-refractivity contribution >= 4 is 0 Å². The van der Waals surface area contributed by atoms with E-state index in [0.717, 1.165) is 5.82 Å². The lowest BCUT2D eigenvalue weighted by Gasteiger charge is -2.21. The molecular weight excluding hydrogens is 168 g/mol. The van der Waals surface area contributed by atoms with Crippen LogP contribution in [0.5, 0.6) is 0 Å². The smallest absolute Gasteiger partial charge is 0.140 e. The highest BCUT2D eigenvalue weighted by Crippen LogP contribution is 2.01. The minimum Gasteiger partial charge on any atom is -0.395 e. The lowest BCUT2D eigenvalue weighted by atomic mass is 10.3. The van der Waals surface area contributed by atoms with Gasteiger partial charge in [0.15, 0.2) is 0 Å². The summed E-state index contributed by atoms with van der Waals surface area (Å²) in [7, 11) is 3.81. The molecule has 1 aromatic heterocycles. The first-order valence-electron chi connectivity index (χ1n) is 4.29. The number of aliphatic hydroxyl groups excluding tert-OH is 1. The molecule has 1 N–H and O–H groups in total. The summed E-state index contributed by atoms with van der Waals surface area (Å²) in [5, 5.41) is 12.9. The zero-order chi connectivity index (χ0) is 9.84. The number of rotatable bonds is 4. The SMILES string of the molecule is CC(CO)N(C)Cc1ncnn1C. The van der Waals surface area contributed by atoms with Crippen molar-refractivity contribution in [2.75, 3.05) is 13.7 Å². The van der Waals surface area contributed by atoms with Crippen molar-refractivity contribution < 1.29 is 5.11 Å². The minimum atomic E-state index is 0.150. The fourth-order valence-electron chi connectivity index (χ4n) is 0.982. The number of likely N-dealkylation sites (N-methyl/N-ethyl adjacent to an activating group) is 1. The quantitative estimate of drug-likeness (QED) is 0.693. The van der Waals surface area contributed by atoms with Crippen LogP contribution in [0.1, 0.15) is 12.7 Å². The van der Waals surface area contributed by atoms with Gasteiger partial charge in [-0.25, -0.2) is 4.98 Å². The molecule has 5 heteroatoms. The van der Waals surface area contributed by atoms with Crippen molar-refractivity contribution in [1.82, 2.24) is 19.7 Å². The lowest BCUT2D eigenvalue weighted by molar-refractivity contribution is 0.150. The van der Waals surface area contributed by atoms with Crippen LogP contribution in [0.4, 0.5) is 0 Å². The number of aliphatic hydroxyl groups is 1. The Kier molecular flexibility index (Phi) is 3.39. The van der Waals surface area contributed by atoms with Gasteiger partial charge >= 0.3 is 0 Å². The third-order valence-corrected chi connectivity index (χ3v) is 2.21. The topological polar surface area (TPSA) is 54.2 Å². The largest absolute Gasteiger partial charge is 0.395 e. The first-order valence-corrected chi connectivity index (χ1v) is 4.29. The summed E-state index contributed by atoms with van der Waals surface area (Å²) in [6.07, 6.45) is 1.53. The molecular formula is C8H16N4O. The minimum absolute atomic E-state index is 0.150. The second-order valence-electron chi connectivity index (χ2n) is 3.25. The van der Waals surface area contributed by atoms with Crippen molar-refractivity contribution in [3.63, 3.8) is 0 Å². The van der Waals surface area contributed by atoms with E-state index >= 15 is 0 Å². The van der Waals surface area contributed by atoms with Gasteiger partial charge in [0.25, 0.3) is 0 Å². The highest BCUT2D eigenvalue weighted by Gasteiger charge is 2.10. The van der Waals surface area contributed by atoms with Crippen molar-refractivity contribution in [3.05, 3.63) is 12.2 Å². The summed E-state index contributed by atoms with van der Waals surface area (Å²) in [5.74, 6) is 0.905. The van der Waals surface area contributed by atoms with E-state index in [1.165, 1.54) is 6.33 Å². The fourth-order valence-corrected chi connectivity index (χ4v) is 0.982. The molecule has 0 aliphatic rings. The second-order valence-corrected chi connectivity index (χ2v) is 3.25. The van der Waals surface area contributed by atoms with Gasteiger partial charge < -0.3 is 5.11 Å². The van der Waals surface area contributed by atoms with Crippen LogP contribution >= 0.6 is 0 Å². The number of hydrogen-bond donors (Lipinski definition) is 1. The molecule has 0 fully saturated rings. The van der Waals surface area contributed by atoms with E-state index in [0.29, 0.717) is 6.54 Å². The summed E-state index contributed by atoms with van der Waals surface area (Å²) in [6.45, 7) is 2.84. The van der Waals surface area contributed by atoms with Crippen LogP contribution < -0.4 is 0 Å². The zero-order valence-electron chi connectivity index (χ0n) is 8.30. The molecule has 1 heterocycles. The van der Waals surface area contributed by atoms with Crippen molar-refractivity contribution in [3.8, 4) is 0 Å². The molecule has 0 amide bonds. The molecule has 0 aliphatic carbocycles. The van der Waals surface area contributed by atoms with Crippen LogP contribution in [0.2, 0.25) is 0 Å². The molecule has 0 aromatic carbocycles. The molecule has 0 saturated carbocycles. The average Bonchev–Trinajstić information content (AvgIpc) is 2.50. The zero-order valence-corrected chi connectivity index (χ0v) is 8.30. The van der Waals surface area contributed by atoms with Gasteiger partial charge in [0, 0.05) is 13.1 Å². The Morgan fingerprint density at radius 1 is 1.69 bits per heavy atom. The Balaban J connectivity index is 2.54. The number of aryl methyl sites for hydroxylation is 1. The molecule has 0 aliphatic heterocycles. The van der Waals surface area contributed by atoms with E-state index in [2.05, 4.69) is 10.1 Å². The van der Waals surface area contributed by atoms with E-state index < -0.39 is 0 Å². The normalized spacial score (nSPS) is 13.6. The Labute approximate surface area is 78.0 Å². The summed E-state index contributed by atoms with van der Waals surface area (Å²) < 4.78 is 1.74. The molecule has 5 nitrogen and oxygen atoms in total. The van der Waals surface area contributed by atoms with E-state index in [-0.39, 0.29) is 12.6 Å². The third-order valence-electron chi connectivity index (χ3n) is 2.21. The Hall–Kier alpha value is -0.940. The van der Waals surface area contributed by atoms with Crippen LogP contribution in [-0.4, -0.2) is 44.5 Å². The number of hydrogen-bond acceptors (Lipinski definition) is 4. The van der Waals surface area contributed by atoms with Crippen LogP contribution in [-0.2, 0) is 13.6 Å². The Bertz CT molecular complexity index is 260. The van der Waals surface area contributed by atoms with Gasteiger partial charge in [-0.3, -0.25) is 9.58 Å². The standard InChI is InChI=1S/C8H16N4O/c1-7(5-13)11(2)4-8-9-6-10-12(8)3/h6-7,13H,4-5H2,1-3H3. The average molecular weight is 184 g/mol. The molecule has 0 bridgehead atoms. The second kappa shape index (κ2) is 4.34. The van der Waals surface area contributed by atoms with Gasteiger partial charge in [0.2, 0.25) is 0 Å². The Morgan fingerprint density at radius 2 is 2.38 bits per heavy atom. The number of aromatic nitrogens is 3. The molecule has 1 rings (SSSR count). The maximum absolute atomic E-state index is 8.92. The third kappa shape index (κ3) is 2.50. The molecule has 13 heavy (non-hydrogen) atoms. The molecule has 1 aromatic rings. The summed E-state index contributed by atoms with van der Waals surface area (Å²) in [6, 6.07) is 0.150. The van der Waals surface area contributed by atoms with E-state index in [1.54, 1.807) is 4.68 Å².